The van der Waals surface area contributed by atoms with Gasteiger partial charge in [0.2, 0.25) is 0 Å². The molecular weight excluding hydrogens is 202 g/mol. The molecule has 4 nitrogen and oxygen atoms in total. The first kappa shape index (κ1) is 12.1. The first-order valence-electron chi connectivity index (χ1n) is 4.91. The van der Waals surface area contributed by atoms with Crippen LogP contribution in [0.25, 0.3) is 0 Å². The minimum Gasteiger partial charge on any atom is -0.355 e. The zero-order chi connectivity index (χ0) is 10.4. The van der Waals surface area contributed by atoms with Crippen LogP contribution in [0.3, 0.4) is 0 Å². The molecule has 0 aromatic carbocycles. The summed E-state index contributed by atoms with van der Waals surface area (Å²) < 4.78 is 21.4. The van der Waals surface area contributed by atoms with Crippen molar-refractivity contribution in [2.75, 3.05) is 32.0 Å². The van der Waals surface area contributed by atoms with Gasteiger partial charge < -0.3 is 14.8 Å². The van der Waals surface area contributed by atoms with Gasteiger partial charge in [-0.3, -0.25) is 4.21 Å². The van der Waals surface area contributed by atoms with Gasteiger partial charge in [0.25, 0.3) is 0 Å². The fourth-order valence-electron chi connectivity index (χ4n) is 1.41. The lowest BCUT2D eigenvalue weighted by Crippen LogP contribution is -2.40. The van der Waals surface area contributed by atoms with Crippen LogP contribution in [0.5, 0.6) is 0 Å². The number of ether oxygens (including phenoxy) is 2. The molecule has 1 heterocycles. The van der Waals surface area contributed by atoms with Gasteiger partial charge in [0.1, 0.15) is 6.79 Å². The number of nitrogens with one attached hydrogen (secondary N) is 1. The second kappa shape index (κ2) is 6.50. The topological polar surface area (TPSA) is 47.6 Å². The molecule has 1 rings (SSSR count). The van der Waals surface area contributed by atoms with Gasteiger partial charge in [-0.25, -0.2) is 0 Å². The average Bonchev–Trinajstić information content (AvgIpc) is 2.15. The molecule has 84 valence electrons. The van der Waals surface area contributed by atoms with Crippen molar-refractivity contribution in [3.05, 3.63) is 0 Å². The lowest BCUT2D eigenvalue weighted by Gasteiger charge is -2.24. The predicted octanol–water partition coefficient (Wildman–Crippen LogP) is 0.106. The monoisotopic (exact) mass is 221 g/mol. The van der Waals surface area contributed by atoms with Gasteiger partial charge in [-0.15, -0.1) is 0 Å². The van der Waals surface area contributed by atoms with E-state index in [1.807, 2.05) is 6.92 Å². The SMILES string of the molecule is CC(CS(C)=O)NCC1CCOCO1. The fraction of sp³-hybridized carbons (Fsp3) is 1.00. The summed E-state index contributed by atoms with van der Waals surface area (Å²) >= 11 is 0. The van der Waals surface area contributed by atoms with E-state index in [0.29, 0.717) is 12.5 Å². The highest BCUT2D eigenvalue weighted by molar-refractivity contribution is 7.84. The average molecular weight is 221 g/mol. The van der Waals surface area contributed by atoms with Crippen LogP contribution in [0.2, 0.25) is 0 Å². The van der Waals surface area contributed by atoms with Crippen molar-refractivity contribution in [1.29, 1.82) is 0 Å². The van der Waals surface area contributed by atoms with Crippen molar-refractivity contribution in [3.8, 4) is 0 Å². The molecule has 1 saturated heterocycles. The second-order valence-electron chi connectivity index (χ2n) is 3.65. The van der Waals surface area contributed by atoms with Crippen LogP contribution in [0.4, 0.5) is 0 Å². The first-order valence-corrected chi connectivity index (χ1v) is 6.64. The molecule has 1 fully saturated rings. The molecule has 1 N–H and O–H groups in total. The van der Waals surface area contributed by atoms with Gasteiger partial charge in [-0.2, -0.15) is 0 Å². The Morgan fingerprint density at radius 3 is 3.00 bits per heavy atom. The molecule has 3 atom stereocenters. The summed E-state index contributed by atoms with van der Waals surface area (Å²) in [6.07, 6.45) is 2.91. The largest absolute Gasteiger partial charge is 0.355 e. The minimum absolute atomic E-state index is 0.247. The highest BCUT2D eigenvalue weighted by Crippen LogP contribution is 2.04. The van der Waals surface area contributed by atoms with E-state index >= 15 is 0 Å². The number of hydrogen-bond donors (Lipinski definition) is 1. The molecule has 0 radical (unpaired) electrons. The Morgan fingerprint density at radius 2 is 2.43 bits per heavy atom. The number of hydrogen-bond acceptors (Lipinski definition) is 4. The summed E-state index contributed by atoms with van der Waals surface area (Å²) in [4.78, 5) is 0. The zero-order valence-corrected chi connectivity index (χ0v) is 9.64. The van der Waals surface area contributed by atoms with E-state index < -0.39 is 10.8 Å². The van der Waals surface area contributed by atoms with E-state index in [1.54, 1.807) is 6.26 Å². The smallest absolute Gasteiger partial charge is 0.147 e. The summed E-state index contributed by atoms with van der Waals surface area (Å²) in [5.41, 5.74) is 0. The molecule has 14 heavy (non-hydrogen) atoms. The Balaban J connectivity index is 2.09. The lowest BCUT2D eigenvalue weighted by molar-refractivity contribution is -0.137. The van der Waals surface area contributed by atoms with Gasteiger partial charge in [0.05, 0.1) is 12.7 Å². The van der Waals surface area contributed by atoms with Crippen LogP contribution in [-0.2, 0) is 20.3 Å². The van der Waals surface area contributed by atoms with Crippen LogP contribution in [0.1, 0.15) is 13.3 Å². The molecule has 5 heteroatoms. The zero-order valence-electron chi connectivity index (χ0n) is 8.82. The lowest BCUT2D eigenvalue weighted by atomic mass is 10.2. The molecule has 3 unspecified atom stereocenters. The van der Waals surface area contributed by atoms with E-state index in [4.69, 9.17) is 9.47 Å². The third-order valence-electron chi connectivity index (χ3n) is 2.15. The van der Waals surface area contributed by atoms with Gasteiger partial charge in [-0.05, 0) is 13.3 Å². The Morgan fingerprint density at radius 1 is 1.64 bits per heavy atom. The van der Waals surface area contributed by atoms with Crippen molar-refractivity contribution in [1.82, 2.24) is 5.32 Å². The second-order valence-corrected chi connectivity index (χ2v) is 5.13. The van der Waals surface area contributed by atoms with Gasteiger partial charge >= 0.3 is 0 Å². The molecular formula is C9H19NO3S. The van der Waals surface area contributed by atoms with E-state index in [9.17, 15) is 4.21 Å². The van der Waals surface area contributed by atoms with E-state index in [1.165, 1.54) is 0 Å². The molecule has 0 spiro atoms. The summed E-state index contributed by atoms with van der Waals surface area (Å²) in [6, 6.07) is 0.285. The van der Waals surface area contributed by atoms with Crippen molar-refractivity contribution in [2.24, 2.45) is 0 Å². The summed E-state index contributed by atoms with van der Waals surface area (Å²) in [5.74, 6) is 0.698. The fourth-order valence-corrected chi connectivity index (χ4v) is 2.23. The summed E-state index contributed by atoms with van der Waals surface area (Å²) in [7, 11) is -0.730. The Labute approximate surface area is 87.8 Å². The predicted molar refractivity (Wildman–Crippen MR) is 56.7 cm³/mol. The molecule has 1 aliphatic heterocycles. The van der Waals surface area contributed by atoms with Crippen LogP contribution in [0.15, 0.2) is 0 Å². The summed E-state index contributed by atoms with van der Waals surface area (Å²) in [5, 5.41) is 3.31. The molecule has 0 aliphatic carbocycles. The Kier molecular flexibility index (Phi) is 5.62. The van der Waals surface area contributed by atoms with Crippen molar-refractivity contribution < 1.29 is 13.7 Å². The third kappa shape index (κ3) is 5.05. The van der Waals surface area contributed by atoms with Crippen LogP contribution in [-0.4, -0.2) is 48.3 Å². The third-order valence-corrected chi connectivity index (χ3v) is 3.12. The maximum Gasteiger partial charge on any atom is 0.147 e. The quantitative estimate of drug-likeness (QED) is 0.715. The number of rotatable bonds is 5. The molecule has 1 aliphatic rings. The highest BCUT2D eigenvalue weighted by Gasteiger charge is 2.14. The van der Waals surface area contributed by atoms with Crippen molar-refractivity contribution >= 4 is 10.8 Å². The first-order chi connectivity index (χ1) is 6.68. The standard InChI is InChI=1S/C9H19NO3S/c1-8(6-14(2)11)10-5-9-3-4-12-7-13-9/h8-10H,3-7H2,1-2H3. The van der Waals surface area contributed by atoms with Crippen LogP contribution >= 0.6 is 0 Å². The van der Waals surface area contributed by atoms with Crippen molar-refractivity contribution in [3.63, 3.8) is 0 Å². The molecule has 0 aromatic heterocycles. The van der Waals surface area contributed by atoms with E-state index in [2.05, 4.69) is 5.32 Å². The summed E-state index contributed by atoms with van der Waals surface area (Å²) in [6.45, 7) is 4.04. The van der Waals surface area contributed by atoms with Crippen LogP contribution < -0.4 is 5.32 Å². The normalized spacial score (nSPS) is 27.1. The van der Waals surface area contributed by atoms with Gasteiger partial charge in [0.15, 0.2) is 0 Å². The molecule has 0 bridgehead atoms. The molecule has 0 amide bonds. The van der Waals surface area contributed by atoms with Crippen LogP contribution in [0, 0.1) is 0 Å². The Bertz CT molecular complexity index is 183. The Hall–Kier alpha value is 0.0300. The van der Waals surface area contributed by atoms with E-state index in [0.717, 1.165) is 19.6 Å². The minimum atomic E-state index is -0.730. The van der Waals surface area contributed by atoms with Crippen molar-refractivity contribution in [2.45, 2.75) is 25.5 Å². The van der Waals surface area contributed by atoms with E-state index in [-0.39, 0.29) is 12.1 Å². The molecule has 0 aromatic rings. The maximum atomic E-state index is 10.9. The van der Waals surface area contributed by atoms with Gasteiger partial charge in [-0.1, -0.05) is 0 Å². The van der Waals surface area contributed by atoms with Gasteiger partial charge in [0, 0.05) is 35.4 Å². The highest BCUT2D eigenvalue weighted by atomic mass is 32.2. The molecule has 0 saturated carbocycles. The maximum absolute atomic E-state index is 10.9.